The largest absolute Gasteiger partial charge is 0.491 e. The van der Waals surface area contributed by atoms with Crippen LogP contribution in [0.2, 0.25) is 0 Å². The SMILES string of the molecule is [C-]#[N+]c1ccc2c(c1)OCCN2. The Kier molecular flexibility index (Phi) is 1.60. The molecular weight excluding hydrogens is 152 g/mol. The van der Waals surface area contributed by atoms with E-state index in [-0.39, 0.29) is 0 Å². The van der Waals surface area contributed by atoms with E-state index in [1.54, 1.807) is 12.1 Å². The second kappa shape index (κ2) is 2.74. The maximum absolute atomic E-state index is 6.81. The molecule has 1 aliphatic rings. The normalized spacial score (nSPS) is 13.6. The van der Waals surface area contributed by atoms with Crippen LogP contribution < -0.4 is 10.1 Å². The number of benzene rings is 1. The molecule has 60 valence electrons. The highest BCUT2D eigenvalue weighted by molar-refractivity contribution is 5.64. The number of ether oxygens (including phenoxy) is 1. The molecule has 0 saturated heterocycles. The van der Waals surface area contributed by atoms with Gasteiger partial charge in [0.25, 0.3) is 0 Å². The number of fused-ring (bicyclic) bond motifs is 1. The molecule has 0 fully saturated rings. The van der Waals surface area contributed by atoms with E-state index in [2.05, 4.69) is 10.2 Å². The smallest absolute Gasteiger partial charge is 0.191 e. The van der Waals surface area contributed by atoms with Crippen molar-refractivity contribution in [1.82, 2.24) is 0 Å². The maximum Gasteiger partial charge on any atom is 0.191 e. The fraction of sp³-hybridized carbons (Fsp3) is 0.222. The summed E-state index contributed by atoms with van der Waals surface area (Å²) in [7, 11) is 0. The van der Waals surface area contributed by atoms with Crippen LogP contribution in [0.1, 0.15) is 0 Å². The minimum absolute atomic E-state index is 0.623. The summed E-state index contributed by atoms with van der Waals surface area (Å²) in [5.41, 5.74) is 1.60. The molecule has 1 aliphatic heterocycles. The highest BCUT2D eigenvalue weighted by atomic mass is 16.5. The number of nitrogens with one attached hydrogen (secondary N) is 1. The molecule has 0 spiro atoms. The van der Waals surface area contributed by atoms with Crippen LogP contribution in [0, 0.1) is 6.57 Å². The van der Waals surface area contributed by atoms with Gasteiger partial charge in [0.2, 0.25) is 0 Å². The molecule has 3 heteroatoms. The predicted molar refractivity (Wildman–Crippen MR) is 46.7 cm³/mol. The number of hydrogen-bond acceptors (Lipinski definition) is 2. The van der Waals surface area contributed by atoms with E-state index in [9.17, 15) is 0 Å². The first-order valence-electron chi connectivity index (χ1n) is 3.78. The van der Waals surface area contributed by atoms with Gasteiger partial charge in [-0.15, -0.1) is 0 Å². The lowest BCUT2D eigenvalue weighted by molar-refractivity contribution is 0.323. The molecule has 0 amide bonds. The Bertz CT molecular complexity index is 341. The van der Waals surface area contributed by atoms with E-state index in [1.165, 1.54) is 0 Å². The molecule has 0 aromatic heterocycles. The summed E-state index contributed by atoms with van der Waals surface area (Å²) in [6.45, 7) is 8.32. The second-order valence-electron chi connectivity index (χ2n) is 2.57. The Hall–Kier alpha value is -1.69. The topological polar surface area (TPSA) is 25.6 Å². The lowest BCUT2D eigenvalue weighted by atomic mass is 10.2. The van der Waals surface area contributed by atoms with Gasteiger partial charge in [-0.1, -0.05) is 6.07 Å². The lowest BCUT2D eigenvalue weighted by Crippen LogP contribution is -2.17. The quantitative estimate of drug-likeness (QED) is 0.587. The van der Waals surface area contributed by atoms with Crippen molar-refractivity contribution >= 4 is 11.4 Å². The third-order valence-electron chi connectivity index (χ3n) is 1.77. The molecule has 1 N–H and O–H groups in total. The van der Waals surface area contributed by atoms with Crippen LogP contribution in [0.4, 0.5) is 11.4 Å². The maximum atomic E-state index is 6.81. The van der Waals surface area contributed by atoms with Crippen LogP contribution in [0.15, 0.2) is 18.2 Å². The van der Waals surface area contributed by atoms with Crippen molar-refractivity contribution in [2.45, 2.75) is 0 Å². The molecule has 12 heavy (non-hydrogen) atoms. The van der Waals surface area contributed by atoms with E-state index in [0.29, 0.717) is 12.3 Å². The van der Waals surface area contributed by atoms with Crippen LogP contribution in [-0.4, -0.2) is 13.2 Å². The summed E-state index contributed by atoms with van der Waals surface area (Å²) in [4.78, 5) is 3.32. The second-order valence-corrected chi connectivity index (χ2v) is 2.57. The highest BCUT2D eigenvalue weighted by Gasteiger charge is 2.08. The number of hydrogen-bond donors (Lipinski definition) is 1. The zero-order valence-electron chi connectivity index (χ0n) is 6.50. The summed E-state index contributed by atoms with van der Waals surface area (Å²) in [6.07, 6.45) is 0. The van der Waals surface area contributed by atoms with Crippen molar-refractivity contribution in [2.24, 2.45) is 0 Å². The van der Waals surface area contributed by atoms with Crippen molar-refractivity contribution in [2.75, 3.05) is 18.5 Å². The van der Waals surface area contributed by atoms with Gasteiger partial charge in [0.1, 0.15) is 12.4 Å². The van der Waals surface area contributed by atoms with Gasteiger partial charge in [0, 0.05) is 6.54 Å². The predicted octanol–water partition coefficient (Wildman–Crippen LogP) is 2.04. The first-order chi connectivity index (χ1) is 5.90. The Morgan fingerprint density at radius 3 is 3.25 bits per heavy atom. The van der Waals surface area contributed by atoms with Crippen molar-refractivity contribution < 1.29 is 4.74 Å². The first kappa shape index (κ1) is 6.99. The van der Waals surface area contributed by atoms with Crippen molar-refractivity contribution in [1.29, 1.82) is 0 Å². The molecule has 0 bridgehead atoms. The molecule has 0 aliphatic carbocycles. The van der Waals surface area contributed by atoms with Crippen molar-refractivity contribution in [3.8, 4) is 5.75 Å². The van der Waals surface area contributed by atoms with E-state index in [0.717, 1.165) is 18.0 Å². The van der Waals surface area contributed by atoms with Gasteiger partial charge < -0.3 is 10.1 Å². The molecule has 1 aromatic carbocycles. The van der Waals surface area contributed by atoms with Gasteiger partial charge in [0.15, 0.2) is 5.69 Å². The number of anilines is 1. The van der Waals surface area contributed by atoms with E-state index in [4.69, 9.17) is 11.3 Å². The third kappa shape index (κ3) is 1.08. The Labute approximate surface area is 70.8 Å². The zero-order chi connectivity index (χ0) is 8.39. The lowest BCUT2D eigenvalue weighted by Gasteiger charge is -2.18. The Balaban J connectivity index is 2.44. The molecule has 0 radical (unpaired) electrons. The molecule has 0 unspecified atom stereocenters. The van der Waals surface area contributed by atoms with E-state index >= 15 is 0 Å². The summed E-state index contributed by atoms with van der Waals surface area (Å²) in [5, 5.41) is 3.19. The average molecular weight is 160 g/mol. The van der Waals surface area contributed by atoms with Gasteiger partial charge in [-0.3, -0.25) is 0 Å². The minimum Gasteiger partial charge on any atom is -0.491 e. The van der Waals surface area contributed by atoms with Crippen molar-refractivity contribution in [3.05, 3.63) is 29.6 Å². The summed E-state index contributed by atoms with van der Waals surface area (Å²) >= 11 is 0. The van der Waals surface area contributed by atoms with Crippen LogP contribution in [0.3, 0.4) is 0 Å². The molecule has 1 aromatic rings. The minimum atomic E-state index is 0.623. The van der Waals surface area contributed by atoms with Crippen LogP contribution in [-0.2, 0) is 0 Å². The van der Waals surface area contributed by atoms with Gasteiger partial charge >= 0.3 is 0 Å². The van der Waals surface area contributed by atoms with Gasteiger partial charge in [-0.2, -0.15) is 0 Å². The number of nitrogens with zero attached hydrogens (tertiary/aromatic N) is 1. The van der Waals surface area contributed by atoms with Gasteiger partial charge in [0.05, 0.1) is 12.3 Å². The summed E-state index contributed by atoms with van der Waals surface area (Å²) < 4.78 is 5.36. The van der Waals surface area contributed by atoms with Crippen molar-refractivity contribution in [3.63, 3.8) is 0 Å². The molecule has 2 rings (SSSR count). The Morgan fingerprint density at radius 2 is 2.42 bits per heavy atom. The fourth-order valence-corrected chi connectivity index (χ4v) is 1.19. The molecule has 0 saturated carbocycles. The van der Waals surface area contributed by atoms with Gasteiger partial charge in [-0.25, -0.2) is 4.85 Å². The van der Waals surface area contributed by atoms with Crippen LogP contribution in [0.25, 0.3) is 4.85 Å². The standard InChI is InChI=1S/C9H8N2O/c1-10-7-2-3-8-9(6-7)12-5-4-11-8/h2-3,6,11H,4-5H2. The van der Waals surface area contributed by atoms with Crippen LogP contribution >= 0.6 is 0 Å². The monoisotopic (exact) mass is 160 g/mol. The first-order valence-corrected chi connectivity index (χ1v) is 3.78. The average Bonchev–Trinajstić information content (AvgIpc) is 2.17. The molecular formula is C9H8N2O. The summed E-state index contributed by atoms with van der Waals surface area (Å²) in [5.74, 6) is 0.787. The zero-order valence-corrected chi connectivity index (χ0v) is 6.50. The molecule has 1 heterocycles. The van der Waals surface area contributed by atoms with E-state index < -0.39 is 0 Å². The highest BCUT2D eigenvalue weighted by Crippen LogP contribution is 2.31. The van der Waals surface area contributed by atoms with E-state index in [1.807, 2.05) is 6.07 Å². The third-order valence-corrected chi connectivity index (χ3v) is 1.77. The fourth-order valence-electron chi connectivity index (χ4n) is 1.19. The molecule has 0 atom stereocenters. The Morgan fingerprint density at radius 1 is 1.50 bits per heavy atom. The molecule has 3 nitrogen and oxygen atoms in total. The number of rotatable bonds is 0. The van der Waals surface area contributed by atoms with Gasteiger partial charge in [-0.05, 0) is 12.1 Å². The summed E-state index contributed by atoms with van der Waals surface area (Å²) in [6, 6.07) is 5.42. The van der Waals surface area contributed by atoms with Crippen LogP contribution in [0.5, 0.6) is 5.75 Å².